The van der Waals surface area contributed by atoms with Gasteiger partial charge < -0.3 is 70.8 Å². The van der Waals surface area contributed by atoms with Gasteiger partial charge in [0.05, 0.1) is 13.2 Å². The third-order valence-corrected chi connectivity index (χ3v) is 3.58. The highest BCUT2D eigenvalue weighted by atomic mass is 16.8. The van der Waals surface area contributed by atoms with Crippen LogP contribution in [0.15, 0.2) is 0 Å². The molecule has 0 aliphatic heterocycles. The van der Waals surface area contributed by atoms with Gasteiger partial charge >= 0.3 is 6.16 Å². The fourth-order valence-corrected chi connectivity index (χ4v) is 1.78. The lowest BCUT2D eigenvalue weighted by Gasteiger charge is -2.29. The molecular weight excluding hydrogens is 396 g/mol. The van der Waals surface area contributed by atoms with Crippen molar-refractivity contribution in [3.05, 3.63) is 0 Å². The molecule has 0 rings (SSSR count). The van der Waals surface area contributed by atoms with Gasteiger partial charge in [0.15, 0.2) is 0 Å². The molecule has 0 spiro atoms. The van der Waals surface area contributed by atoms with Gasteiger partial charge in [-0.15, -0.1) is 0 Å². The highest BCUT2D eigenvalue weighted by Crippen LogP contribution is 2.13. The Hall–Kier alpha value is -1.21. The quantitative estimate of drug-likeness (QED) is 0.103. The molecule has 0 heterocycles. The van der Waals surface area contributed by atoms with E-state index in [1.165, 1.54) is 0 Å². The lowest BCUT2D eigenvalue weighted by molar-refractivity contribution is -0.223. The van der Waals surface area contributed by atoms with Crippen LogP contribution >= 0.6 is 0 Å². The van der Waals surface area contributed by atoms with Gasteiger partial charge in [-0.05, 0) is 0 Å². The second-order valence-corrected chi connectivity index (χ2v) is 5.71. The van der Waals surface area contributed by atoms with Crippen molar-refractivity contribution < 1.29 is 75.5 Å². The van der Waals surface area contributed by atoms with Gasteiger partial charge in [-0.2, -0.15) is 0 Å². The summed E-state index contributed by atoms with van der Waals surface area (Å²) < 4.78 is 8.10. The van der Waals surface area contributed by atoms with E-state index in [4.69, 9.17) is 20.4 Å². The Morgan fingerprint density at radius 2 is 0.821 bits per heavy atom. The van der Waals surface area contributed by atoms with Crippen LogP contribution in [-0.4, -0.2) is 142 Å². The molecule has 0 aromatic rings. The summed E-state index contributed by atoms with van der Waals surface area (Å²) in [5.74, 6) is 0. The van der Waals surface area contributed by atoms with E-state index in [0.29, 0.717) is 0 Å². The summed E-state index contributed by atoms with van der Waals surface area (Å²) in [7, 11) is 0. The average Bonchev–Trinajstić information content (AvgIpc) is 2.68. The van der Waals surface area contributed by atoms with Gasteiger partial charge in [0.2, 0.25) is 12.6 Å². The minimum absolute atomic E-state index is 1.01. The number of hydrogen-bond acceptors (Lipinski definition) is 15. The van der Waals surface area contributed by atoms with E-state index in [1.54, 1.807) is 0 Å². The van der Waals surface area contributed by atoms with Crippen molar-refractivity contribution in [1.82, 2.24) is 0 Å². The van der Waals surface area contributed by atoms with Gasteiger partial charge in [0, 0.05) is 0 Å². The molecule has 0 aliphatic carbocycles. The molecule has 0 fully saturated rings. The zero-order valence-electron chi connectivity index (χ0n) is 14.3. The zero-order chi connectivity index (χ0) is 22.2. The first-order chi connectivity index (χ1) is 12.9. The van der Waals surface area contributed by atoms with Crippen molar-refractivity contribution in [2.45, 2.75) is 61.4 Å². The molecule has 0 aromatic heterocycles. The first kappa shape index (κ1) is 26.8. The highest BCUT2D eigenvalue weighted by molar-refractivity contribution is 5.60. The Kier molecular flexibility index (Phi) is 11.8. The summed E-state index contributed by atoms with van der Waals surface area (Å²) in [6.45, 7) is -2.01. The fraction of sp³-hybridized carbons (Fsp3) is 0.923. The zero-order valence-corrected chi connectivity index (χ0v) is 14.3. The van der Waals surface area contributed by atoms with E-state index in [1.807, 2.05) is 0 Å². The number of hydrogen-bond donors (Lipinski definition) is 12. The summed E-state index contributed by atoms with van der Waals surface area (Å²) >= 11 is 0. The Labute approximate surface area is 157 Å². The van der Waals surface area contributed by atoms with E-state index >= 15 is 0 Å². The number of carbonyl (C=O) groups is 1. The fourth-order valence-electron chi connectivity index (χ4n) is 1.78. The summed E-state index contributed by atoms with van der Waals surface area (Å²) in [5.41, 5.74) is 0. The second-order valence-electron chi connectivity index (χ2n) is 5.71. The Morgan fingerprint density at radius 3 is 1.07 bits per heavy atom. The van der Waals surface area contributed by atoms with Crippen molar-refractivity contribution in [1.29, 1.82) is 0 Å². The maximum atomic E-state index is 11.4. The lowest BCUT2D eigenvalue weighted by Crippen LogP contribution is -2.52. The van der Waals surface area contributed by atoms with Crippen LogP contribution in [0.1, 0.15) is 0 Å². The van der Waals surface area contributed by atoms with Crippen LogP contribution in [0.25, 0.3) is 0 Å². The largest absolute Gasteiger partial charge is 0.513 e. The predicted molar refractivity (Wildman–Crippen MR) is 81.8 cm³/mol. The van der Waals surface area contributed by atoms with Gasteiger partial charge in [-0.3, -0.25) is 0 Å². The number of ether oxygens (including phenoxy) is 2. The monoisotopic (exact) mass is 422 g/mol. The molecule has 0 aliphatic rings. The normalized spacial score (nSPS) is 22.7. The third kappa shape index (κ3) is 7.66. The lowest BCUT2D eigenvalue weighted by atomic mass is 10.0. The molecule has 28 heavy (non-hydrogen) atoms. The molecule has 10 atom stereocenters. The van der Waals surface area contributed by atoms with Crippen molar-refractivity contribution in [3.63, 3.8) is 0 Å². The Bertz CT molecular complexity index is 412. The molecule has 0 amide bonds. The minimum Gasteiger partial charge on any atom is -0.401 e. The van der Waals surface area contributed by atoms with Crippen LogP contribution < -0.4 is 0 Å². The predicted octanol–water partition coefficient (Wildman–Crippen LogP) is -7.35. The number of aliphatic hydroxyl groups excluding tert-OH is 12. The van der Waals surface area contributed by atoms with Crippen LogP contribution in [0.5, 0.6) is 0 Å². The molecule has 0 aromatic carbocycles. The van der Waals surface area contributed by atoms with Gasteiger partial charge in [-0.25, -0.2) is 4.79 Å². The smallest absolute Gasteiger partial charge is 0.401 e. The third-order valence-electron chi connectivity index (χ3n) is 3.58. The molecule has 15 nitrogen and oxygen atoms in total. The maximum Gasteiger partial charge on any atom is 0.513 e. The van der Waals surface area contributed by atoms with Gasteiger partial charge in [0.1, 0.15) is 48.8 Å². The second kappa shape index (κ2) is 12.4. The molecule has 168 valence electrons. The summed E-state index contributed by atoms with van der Waals surface area (Å²) in [4.78, 5) is 11.4. The summed E-state index contributed by atoms with van der Waals surface area (Å²) in [5, 5.41) is 111. The Balaban J connectivity index is 4.70. The average molecular weight is 422 g/mol. The molecule has 2 unspecified atom stereocenters. The standard InChI is InChI=1S/C13H26O15/c14-1-3(16)5(18)7(20)9(22)11(24)27-13(26)28-12(25)10(23)8(21)6(19)4(17)2-15/h3-12,14-25H,1-2H2/t3-,4-,5-,6-,7+,8+,9-,10+,11?,12?/m1/s1. The highest BCUT2D eigenvalue weighted by Gasteiger charge is 2.38. The number of rotatable bonds is 12. The van der Waals surface area contributed by atoms with Crippen molar-refractivity contribution in [2.75, 3.05) is 13.2 Å². The van der Waals surface area contributed by atoms with E-state index in [2.05, 4.69) is 9.47 Å². The van der Waals surface area contributed by atoms with Crippen molar-refractivity contribution >= 4 is 6.16 Å². The van der Waals surface area contributed by atoms with E-state index in [9.17, 15) is 45.6 Å². The van der Waals surface area contributed by atoms with Crippen LogP contribution in [0, 0.1) is 0 Å². The molecule has 0 radical (unpaired) electrons. The van der Waals surface area contributed by atoms with Crippen LogP contribution in [0.4, 0.5) is 4.79 Å². The molecule has 15 heteroatoms. The molecule has 0 saturated heterocycles. The molecule has 0 saturated carbocycles. The number of aliphatic hydroxyl groups is 12. The first-order valence-electron chi connectivity index (χ1n) is 7.78. The van der Waals surface area contributed by atoms with Crippen LogP contribution in [0.3, 0.4) is 0 Å². The SMILES string of the molecule is O=C(OC(O)[C@@H](O)[C@@H](O)[C@H](O)[C@H](O)CO)OC(O)[C@H](O)[C@@H](O)[C@H](O)[C@H](O)CO. The number of carbonyl (C=O) groups excluding carboxylic acids is 1. The van der Waals surface area contributed by atoms with Crippen molar-refractivity contribution in [2.24, 2.45) is 0 Å². The van der Waals surface area contributed by atoms with Crippen LogP contribution in [0.2, 0.25) is 0 Å². The van der Waals surface area contributed by atoms with Crippen molar-refractivity contribution in [3.8, 4) is 0 Å². The summed E-state index contributed by atoms with van der Waals surface area (Å²) in [6, 6.07) is 0. The van der Waals surface area contributed by atoms with E-state index in [-0.39, 0.29) is 0 Å². The van der Waals surface area contributed by atoms with E-state index < -0.39 is 80.8 Å². The Morgan fingerprint density at radius 1 is 0.536 bits per heavy atom. The topological polar surface area (TPSA) is 278 Å². The van der Waals surface area contributed by atoms with Crippen LogP contribution in [-0.2, 0) is 9.47 Å². The molecule has 0 bridgehead atoms. The molecule has 12 N–H and O–H groups in total. The first-order valence-corrected chi connectivity index (χ1v) is 7.78. The minimum atomic E-state index is -2.57. The maximum absolute atomic E-state index is 11.4. The van der Waals surface area contributed by atoms with Gasteiger partial charge in [0.25, 0.3) is 0 Å². The summed E-state index contributed by atoms with van der Waals surface area (Å²) in [6.07, 6.45) is -24.6. The van der Waals surface area contributed by atoms with Gasteiger partial charge in [-0.1, -0.05) is 0 Å². The van der Waals surface area contributed by atoms with E-state index in [0.717, 1.165) is 0 Å². The molecular formula is C13H26O15.